The first kappa shape index (κ1) is 33.9. The fourth-order valence-corrected chi connectivity index (χ4v) is 6.28. The second-order valence-corrected chi connectivity index (χ2v) is 11.8. The number of ether oxygens (including phenoxy) is 4. The molecule has 0 aromatic heterocycles. The smallest absolute Gasteiger partial charge is 0.303 e. The van der Waals surface area contributed by atoms with Crippen LogP contribution in [0.25, 0.3) is 0 Å². The molecule has 0 radical (unpaired) electrons. The Hall–Kier alpha value is -3.00. The van der Waals surface area contributed by atoms with Gasteiger partial charge in [-0.3, -0.25) is 19.2 Å². The molecule has 2 aliphatic carbocycles. The van der Waals surface area contributed by atoms with Crippen molar-refractivity contribution in [2.24, 2.45) is 0 Å². The molecule has 0 aromatic rings. The number of methoxy groups -OCH3 is 2. The van der Waals surface area contributed by atoms with Gasteiger partial charge in [0.15, 0.2) is 0 Å². The molecule has 2 fully saturated rings. The van der Waals surface area contributed by atoms with Crippen molar-refractivity contribution >= 4 is 47.0 Å². The number of rotatable bonds is 14. The summed E-state index contributed by atoms with van der Waals surface area (Å²) in [4.78, 5) is 49.9. The lowest BCUT2D eigenvalue weighted by Gasteiger charge is -2.30. The van der Waals surface area contributed by atoms with Gasteiger partial charge in [0, 0.05) is 53.2 Å². The molecular formula is C30H36Cl2N2O10. The molecule has 2 amide bonds. The molecule has 0 bridgehead atoms. The maximum atomic E-state index is 12.5. The third-order valence-corrected chi connectivity index (χ3v) is 8.78. The van der Waals surface area contributed by atoms with Crippen LogP contribution in [0.2, 0.25) is 0 Å². The van der Waals surface area contributed by atoms with Crippen LogP contribution in [0, 0.1) is 0 Å². The second kappa shape index (κ2) is 14.9. The van der Waals surface area contributed by atoms with Gasteiger partial charge < -0.3 is 39.0 Å². The minimum atomic E-state index is -1.03. The van der Waals surface area contributed by atoms with E-state index in [1.807, 2.05) is 12.2 Å². The SMILES string of the molecule is C=C(COC1C(Cl)=C2CN(C(=O)CCC(=O)O)CC2=CC1OC)COC1C(Cl)=C2CN(C(=O)CCC(=O)O)CC2=CC1OC. The van der Waals surface area contributed by atoms with Crippen LogP contribution in [0.15, 0.2) is 56.7 Å². The number of hydrogen-bond acceptors (Lipinski definition) is 8. The zero-order valence-corrected chi connectivity index (χ0v) is 26.1. The molecule has 12 nitrogen and oxygen atoms in total. The number of likely N-dealkylation sites (tertiary alicyclic amines) is 2. The van der Waals surface area contributed by atoms with E-state index in [9.17, 15) is 19.2 Å². The van der Waals surface area contributed by atoms with Crippen molar-refractivity contribution in [1.29, 1.82) is 0 Å². The van der Waals surface area contributed by atoms with Crippen LogP contribution in [0.1, 0.15) is 25.7 Å². The molecule has 4 atom stereocenters. The molecule has 240 valence electrons. The van der Waals surface area contributed by atoms with Gasteiger partial charge in [-0.1, -0.05) is 29.8 Å². The van der Waals surface area contributed by atoms with E-state index in [0.717, 1.165) is 22.3 Å². The number of carboxylic acids is 2. The van der Waals surface area contributed by atoms with Gasteiger partial charge in [-0.15, -0.1) is 0 Å². The number of carbonyl (C=O) groups is 4. The molecular weight excluding hydrogens is 619 g/mol. The summed E-state index contributed by atoms with van der Waals surface area (Å²) in [5, 5.41) is 18.6. The summed E-state index contributed by atoms with van der Waals surface area (Å²) in [6, 6.07) is 0. The van der Waals surface area contributed by atoms with Crippen LogP contribution in [-0.2, 0) is 38.1 Å². The number of aliphatic carboxylic acids is 2. The molecule has 2 N–H and O–H groups in total. The highest BCUT2D eigenvalue weighted by molar-refractivity contribution is 6.31. The summed E-state index contributed by atoms with van der Waals surface area (Å²) in [5.41, 5.74) is 3.80. The Labute approximate surface area is 265 Å². The van der Waals surface area contributed by atoms with E-state index < -0.39 is 36.4 Å². The Kier molecular flexibility index (Phi) is 11.4. The van der Waals surface area contributed by atoms with Crippen molar-refractivity contribution in [3.8, 4) is 0 Å². The van der Waals surface area contributed by atoms with E-state index in [4.69, 9.17) is 52.4 Å². The van der Waals surface area contributed by atoms with Gasteiger partial charge in [0.2, 0.25) is 11.8 Å². The summed E-state index contributed by atoms with van der Waals surface area (Å²) in [5.74, 6) is -2.59. The van der Waals surface area contributed by atoms with Crippen LogP contribution in [0.4, 0.5) is 0 Å². The molecule has 14 heteroatoms. The molecule has 4 aliphatic rings. The molecule has 0 saturated carbocycles. The summed E-state index contributed by atoms with van der Waals surface area (Å²) >= 11 is 13.5. The largest absolute Gasteiger partial charge is 0.481 e. The molecule has 44 heavy (non-hydrogen) atoms. The van der Waals surface area contributed by atoms with Gasteiger partial charge in [0.25, 0.3) is 0 Å². The van der Waals surface area contributed by atoms with Gasteiger partial charge in [-0.2, -0.15) is 0 Å². The highest BCUT2D eigenvalue weighted by Crippen LogP contribution is 2.38. The van der Waals surface area contributed by atoms with Crippen molar-refractivity contribution in [3.05, 3.63) is 56.7 Å². The first-order valence-corrected chi connectivity index (χ1v) is 14.8. The Balaban J connectivity index is 1.34. The van der Waals surface area contributed by atoms with Crippen LogP contribution in [0.5, 0.6) is 0 Å². The van der Waals surface area contributed by atoms with Crippen LogP contribution in [-0.4, -0.2) is 122 Å². The van der Waals surface area contributed by atoms with Gasteiger partial charge in [-0.05, 0) is 40.0 Å². The highest BCUT2D eigenvalue weighted by atomic mass is 35.5. The lowest BCUT2D eigenvalue weighted by Crippen LogP contribution is -2.35. The maximum absolute atomic E-state index is 12.5. The summed E-state index contributed by atoms with van der Waals surface area (Å²) in [6.45, 7) is 5.40. The van der Waals surface area contributed by atoms with Crippen molar-refractivity contribution in [3.63, 3.8) is 0 Å². The third kappa shape index (κ3) is 7.79. The Morgan fingerprint density at radius 3 is 1.48 bits per heavy atom. The average molecular weight is 656 g/mol. The predicted molar refractivity (Wildman–Crippen MR) is 159 cm³/mol. The summed E-state index contributed by atoms with van der Waals surface area (Å²) < 4.78 is 23.5. The average Bonchev–Trinajstić information content (AvgIpc) is 3.62. The maximum Gasteiger partial charge on any atom is 0.303 e. The first-order chi connectivity index (χ1) is 20.9. The number of carbonyl (C=O) groups excluding carboxylic acids is 2. The molecule has 0 spiro atoms. The molecule has 4 rings (SSSR count). The minimum absolute atomic E-state index is 0.0873. The molecule has 2 heterocycles. The summed E-state index contributed by atoms with van der Waals surface area (Å²) in [6.07, 6.45) is 0.769. The molecule has 2 aliphatic heterocycles. The fourth-order valence-electron chi connectivity index (χ4n) is 5.54. The Bertz CT molecular complexity index is 1240. The number of hydrogen-bond donors (Lipinski definition) is 2. The topological polar surface area (TPSA) is 152 Å². The van der Waals surface area contributed by atoms with Crippen LogP contribution in [0.3, 0.4) is 0 Å². The standard InChI is InChI=1S/C30H36Cl2N2O10/c1-16(14-43-29-21(41-2)8-17-10-33(12-19(17)27(29)31)23(35)4-6-25(37)38)15-44-30-22(42-3)9-18-11-34(13-20(18)28(30)32)24(36)5-7-26(39)40/h8-9,21-22,29-30H,1,4-7,10-15H2,2-3H3,(H,37,38)(H,39,40). The second-order valence-electron chi connectivity index (χ2n) is 10.9. The molecule has 2 saturated heterocycles. The van der Waals surface area contributed by atoms with Crippen molar-refractivity contribution in [2.75, 3.05) is 53.6 Å². The quantitative estimate of drug-likeness (QED) is 0.267. The molecule has 4 unspecified atom stereocenters. The number of fused-ring (bicyclic) bond motifs is 2. The fraction of sp³-hybridized carbons (Fsp3) is 0.533. The van der Waals surface area contributed by atoms with Crippen LogP contribution < -0.4 is 0 Å². The Morgan fingerprint density at radius 2 is 1.14 bits per heavy atom. The van der Waals surface area contributed by atoms with Gasteiger partial charge in [0.05, 0.1) is 36.1 Å². The van der Waals surface area contributed by atoms with Crippen molar-refractivity contribution in [2.45, 2.75) is 50.1 Å². The predicted octanol–water partition coefficient (Wildman–Crippen LogP) is 2.62. The monoisotopic (exact) mass is 654 g/mol. The van der Waals surface area contributed by atoms with Crippen LogP contribution >= 0.6 is 23.2 Å². The van der Waals surface area contributed by atoms with E-state index in [1.165, 1.54) is 14.2 Å². The van der Waals surface area contributed by atoms with E-state index in [-0.39, 0.29) is 63.8 Å². The lowest BCUT2D eigenvalue weighted by molar-refractivity contribution is -0.140. The number of nitrogens with zero attached hydrogens (tertiary/aromatic N) is 2. The normalized spacial score (nSPS) is 24.6. The summed E-state index contributed by atoms with van der Waals surface area (Å²) in [7, 11) is 3.07. The number of carboxylic acid groups (broad SMARTS) is 2. The van der Waals surface area contributed by atoms with Gasteiger partial charge in [-0.25, -0.2) is 0 Å². The minimum Gasteiger partial charge on any atom is -0.481 e. The third-order valence-electron chi connectivity index (χ3n) is 7.89. The zero-order valence-electron chi connectivity index (χ0n) is 24.6. The lowest BCUT2D eigenvalue weighted by atomic mass is 9.96. The Morgan fingerprint density at radius 1 is 0.750 bits per heavy atom. The van der Waals surface area contributed by atoms with Gasteiger partial charge in [0.1, 0.15) is 24.4 Å². The zero-order chi connectivity index (χ0) is 32.1. The van der Waals surface area contributed by atoms with E-state index in [0.29, 0.717) is 28.7 Å². The number of amides is 2. The molecule has 0 aromatic carbocycles. The van der Waals surface area contributed by atoms with E-state index >= 15 is 0 Å². The van der Waals surface area contributed by atoms with Crippen molar-refractivity contribution < 1.29 is 48.3 Å². The number of halogens is 2. The van der Waals surface area contributed by atoms with E-state index in [2.05, 4.69) is 6.58 Å². The van der Waals surface area contributed by atoms with Gasteiger partial charge >= 0.3 is 11.9 Å². The van der Waals surface area contributed by atoms with E-state index in [1.54, 1.807) is 9.80 Å². The van der Waals surface area contributed by atoms with Crippen molar-refractivity contribution in [1.82, 2.24) is 9.80 Å². The highest BCUT2D eigenvalue weighted by Gasteiger charge is 2.39. The first-order valence-electron chi connectivity index (χ1n) is 14.1.